The smallest absolute Gasteiger partial charge is 0.225 e. The monoisotopic (exact) mass is 329 g/mol. The topological polar surface area (TPSA) is 77.2 Å². The van der Waals surface area contributed by atoms with Crippen LogP contribution in [0.1, 0.15) is 25.7 Å². The van der Waals surface area contributed by atoms with Gasteiger partial charge in [-0.25, -0.2) is 9.37 Å². The van der Waals surface area contributed by atoms with Gasteiger partial charge in [0.1, 0.15) is 23.1 Å². The third-order valence-electron chi connectivity index (χ3n) is 4.22. The number of ether oxygens (including phenoxy) is 1. The molecule has 1 aliphatic carbocycles. The fourth-order valence-electron chi connectivity index (χ4n) is 2.90. The van der Waals surface area contributed by atoms with Gasteiger partial charge in [-0.3, -0.25) is 4.79 Å². The van der Waals surface area contributed by atoms with Gasteiger partial charge < -0.3 is 15.8 Å². The van der Waals surface area contributed by atoms with Crippen LogP contribution in [0.3, 0.4) is 0 Å². The van der Waals surface area contributed by atoms with Crippen molar-refractivity contribution < 1.29 is 13.9 Å². The summed E-state index contributed by atoms with van der Waals surface area (Å²) in [6.07, 6.45) is 5.03. The zero-order chi connectivity index (χ0) is 16.9. The molecule has 1 heterocycles. The second-order valence-electron chi connectivity index (χ2n) is 6.04. The maximum absolute atomic E-state index is 12.9. The molecule has 1 aromatic carbocycles. The molecule has 126 valence electrons. The van der Waals surface area contributed by atoms with Gasteiger partial charge in [0.05, 0.1) is 6.20 Å². The van der Waals surface area contributed by atoms with Gasteiger partial charge in [0.15, 0.2) is 0 Å². The molecule has 1 saturated carbocycles. The number of carbonyl (C=O) groups is 1. The largest absolute Gasteiger partial charge is 0.456 e. The van der Waals surface area contributed by atoms with E-state index in [0.29, 0.717) is 23.7 Å². The highest BCUT2D eigenvalue weighted by Crippen LogP contribution is 2.27. The van der Waals surface area contributed by atoms with E-state index in [1.54, 1.807) is 12.1 Å². The predicted molar refractivity (Wildman–Crippen MR) is 89.3 cm³/mol. The lowest BCUT2D eigenvalue weighted by Crippen LogP contribution is -2.28. The Bertz CT molecular complexity index is 688. The van der Waals surface area contributed by atoms with E-state index in [9.17, 15) is 9.18 Å². The Morgan fingerprint density at radius 1 is 1.21 bits per heavy atom. The highest BCUT2D eigenvalue weighted by molar-refractivity contribution is 5.89. The molecule has 5 nitrogen and oxygen atoms in total. The number of nitrogens with zero attached hydrogens (tertiary/aromatic N) is 1. The van der Waals surface area contributed by atoms with Crippen LogP contribution in [0.15, 0.2) is 42.6 Å². The van der Waals surface area contributed by atoms with Crippen LogP contribution in [0.25, 0.3) is 0 Å². The summed E-state index contributed by atoms with van der Waals surface area (Å²) in [5.74, 6) is 1.37. The molecule has 3 N–H and O–H groups in total. The van der Waals surface area contributed by atoms with E-state index in [2.05, 4.69) is 10.3 Å². The number of benzene rings is 1. The maximum atomic E-state index is 12.9. The van der Waals surface area contributed by atoms with Crippen molar-refractivity contribution in [2.24, 2.45) is 11.7 Å². The van der Waals surface area contributed by atoms with E-state index in [1.807, 2.05) is 0 Å². The summed E-state index contributed by atoms with van der Waals surface area (Å²) in [7, 11) is 0. The van der Waals surface area contributed by atoms with Gasteiger partial charge in [-0.05, 0) is 55.2 Å². The first-order chi connectivity index (χ1) is 11.6. The van der Waals surface area contributed by atoms with Crippen molar-refractivity contribution in [3.63, 3.8) is 0 Å². The number of carbonyl (C=O) groups excluding carboxylic acids is 1. The number of hydrogen-bond donors (Lipinski definition) is 2. The summed E-state index contributed by atoms with van der Waals surface area (Å²) >= 11 is 0. The summed E-state index contributed by atoms with van der Waals surface area (Å²) in [6, 6.07) is 9.22. The number of nitrogens with two attached hydrogens (primary N) is 1. The van der Waals surface area contributed by atoms with E-state index in [1.165, 1.54) is 30.5 Å². The Kier molecular flexibility index (Phi) is 5.05. The Morgan fingerprint density at radius 3 is 2.58 bits per heavy atom. The van der Waals surface area contributed by atoms with Gasteiger partial charge in [0.2, 0.25) is 5.91 Å². The number of hydrogen-bond acceptors (Lipinski definition) is 4. The summed E-state index contributed by atoms with van der Waals surface area (Å²) < 4.78 is 18.4. The molecule has 0 radical (unpaired) electrons. The Labute approximate surface area is 140 Å². The molecule has 0 saturated heterocycles. The first kappa shape index (κ1) is 16.4. The standard InChI is InChI=1S/C18H20FN3O2/c19-13-4-6-14(7-5-13)24-15-8-9-17(21-11-15)22-18(23)10-12-2-1-3-16(12)20/h4-9,11-12,16H,1-3,10,20H2,(H,21,22,23)/t12-,16+/m0/s1. The van der Waals surface area contributed by atoms with E-state index in [0.717, 1.165) is 19.3 Å². The number of pyridine rings is 1. The van der Waals surface area contributed by atoms with Crippen LogP contribution < -0.4 is 15.8 Å². The molecule has 1 aromatic heterocycles. The Balaban J connectivity index is 1.54. The van der Waals surface area contributed by atoms with Crippen LogP contribution in [0.4, 0.5) is 10.2 Å². The highest BCUT2D eigenvalue weighted by Gasteiger charge is 2.26. The van der Waals surface area contributed by atoms with Crippen LogP contribution in [0, 0.1) is 11.7 Å². The fourth-order valence-corrected chi connectivity index (χ4v) is 2.90. The van der Waals surface area contributed by atoms with E-state index >= 15 is 0 Å². The molecule has 2 aromatic rings. The molecule has 0 bridgehead atoms. The van der Waals surface area contributed by atoms with Crippen molar-refractivity contribution in [2.45, 2.75) is 31.7 Å². The lowest BCUT2D eigenvalue weighted by molar-refractivity contribution is -0.117. The van der Waals surface area contributed by atoms with Crippen LogP contribution in [0.2, 0.25) is 0 Å². The van der Waals surface area contributed by atoms with Crippen LogP contribution in [-0.2, 0) is 4.79 Å². The van der Waals surface area contributed by atoms with Gasteiger partial charge in [-0.1, -0.05) is 6.42 Å². The van der Waals surface area contributed by atoms with Gasteiger partial charge in [0.25, 0.3) is 0 Å². The molecule has 0 aliphatic heterocycles. The van der Waals surface area contributed by atoms with Crippen molar-refractivity contribution in [3.05, 3.63) is 48.4 Å². The molecule has 2 atom stereocenters. The zero-order valence-electron chi connectivity index (χ0n) is 13.2. The molecule has 6 heteroatoms. The third-order valence-corrected chi connectivity index (χ3v) is 4.22. The van der Waals surface area contributed by atoms with Gasteiger partial charge in [-0.15, -0.1) is 0 Å². The second-order valence-corrected chi connectivity index (χ2v) is 6.04. The number of anilines is 1. The second kappa shape index (κ2) is 7.40. The number of nitrogens with one attached hydrogen (secondary N) is 1. The number of aromatic nitrogens is 1. The minimum absolute atomic E-state index is 0.0722. The molecule has 1 amide bonds. The SMILES string of the molecule is N[C@@H]1CCC[C@H]1CC(=O)Nc1ccc(Oc2ccc(F)cc2)cn1. The summed E-state index contributed by atoms with van der Waals surface area (Å²) in [5, 5.41) is 2.78. The van der Waals surface area contributed by atoms with Crippen molar-refractivity contribution in [1.29, 1.82) is 0 Å². The summed E-state index contributed by atoms with van der Waals surface area (Å²) in [4.78, 5) is 16.2. The maximum Gasteiger partial charge on any atom is 0.225 e. The Morgan fingerprint density at radius 2 is 1.96 bits per heavy atom. The number of halogens is 1. The van der Waals surface area contributed by atoms with Gasteiger partial charge in [0, 0.05) is 12.5 Å². The molecule has 24 heavy (non-hydrogen) atoms. The minimum Gasteiger partial charge on any atom is -0.456 e. The van der Waals surface area contributed by atoms with Crippen LogP contribution in [-0.4, -0.2) is 16.9 Å². The molecule has 3 rings (SSSR count). The molecular formula is C18H20FN3O2. The van der Waals surface area contributed by atoms with Gasteiger partial charge >= 0.3 is 0 Å². The molecule has 1 aliphatic rings. The van der Waals surface area contributed by atoms with Crippen molar-refractivity contribution in [1.82, 2.24) is 4.98 Å². The lowest BCUT2D eigenvalue weighted by atomic mass is 10.00. The zero-order valence-corrected chi connectivity index (χ0v) is 13.2. The van der Waals surface area contributed by atoms with Crippen molar-refractivity contribution in [2.75, 3.05) is 5.32 Å². The normalized spacial score (nSPS) is 19.9. The van der Waals surface area contributed by atoms with Crippen molar-refractivity contribution >= 4 is 11.7 Å². The first-order valence-electron chi connectivity index (χ1n) is 8.05. The van der Waals surface area contributed by atoms with Crippen molar-refractivity contribution in [3.8, 4) is 11.5 Å². The fraction of sp³-hybridized carbons (Fsp3) is 0.333. The molecule has 0 spiro atoms. The lowest BCUT2D eigenvalue weighted by Gasteiger charge is -2.14. The summed E-state index contributed by atoms with van der Waals surface area (Å²) in [6.45, 7) is 0. The minimum atomic E-state index is -0.319. The average molecular weight is 329 g/mol. The number of amides is 1. The average Bonchev–Trinajstić information content (AvgIpc) is 2.96. The Hall–Kier alpha value is -2.47. The van der Waals surface area contributed by atoms with Crippen LogP contribution >= 0.6 is 0 Å². The van der Waals surface area contributed by atoms with E-state index in [-0.39, 0.29) is 23.7 Å². The molecule has 0 unspecified atom stereocenters. The quantitative estimate of drug-likeness (QED) is 0.880. The van der Waals surface area contributed by atoms with Gasteiger partial charge in [-0.2, -0.15) is 0 Å². The molecule has 1 fully saturated rings. The number of rotatable bonds is 5. The molecular weight excluding hydrogens is 309 g/mol. The summed E-state index contributed by atoms with van der Waals surface area (Å²) in [5.41, 5.74) is 5.99. The van der Waals surface area contributed by atoms with E-state index in [4.69, 9.17) is 10.5 Å². The van der Waals surface area contributed by atoms with E-state index < -0.39 is 0 Å². The third kappa shape index (κ3) is 4.29. The highest BCUT2D eigenvalue weighted by atomic mass is 19.1. The van der Waals surface area contributed by atoms with Crippen LogP contribution in [0.5, 0.6) is 11.5 Å². The predicted octanol–water partition coefficient (Wildman–Crippen LogP) is 3.47. The first-order valence-corrected chi connectivity index (χ1v) is 8.05.